The summed E-state index contributed by atoms with van der Waals surface area (Å²) in [6.07, 6.45) is 5.84. The number of aromatic nitrogens is 1. The number of hydrogen-bond donors (Lipinski definition) is 1. The van der Waals surface area contributed by atoms with Gasteiger partial charge in [-0.25, -0.2) is 8.42 Å². The first kappa shape index (κ1) is 12.1. The van der Waals surface area contributed by atoms with E-state index >= 15 is 0 Å². The van der Waals surface area contributed by atoms with Crippen LogP contribution in [0.1, 0.15) is 12.0 Å². The van der Waals surface area contributed by atoms with Gasteiger partial charge in [-0.05, 0) is 24.5 Å². The molecule has 0 saturated heterocycles. The molecule has 0 saturated carbocycles. The number of rotatable bonds is 5. The van der Waals surface area contributed by atoms with Gasteiger partial charge < -0.3 is 5.73 Å². The Morgan fingerprint density at radius 3 is 2.80 bits per heavy atom. The third-order valence-corrected chi connectivity index (χ3v) is 3.06. The van der Waals surface area contributed by atoms with Crippen molar-refractivity contribution in [1.29, 1.82) is 0 Å². The first-order valence-corrected chi connectivity index (χ1v) is 6.85. The minimum atomic E-state index is -2.91. The molecule has 1 unspecified atom stereocenters. The van der Waals surface area contributed by atoms with Gasteiger partial charge in [0.15, 0.2) is 0 Å². The third kappa shape index (κ3) is 5.49. The van der Waals surface area contributed by atoms with Crippen LogP contribution < -0.4 is 5.73 Å². The molecule has 0 fully saturated rings. The van der Waals surface area contributed by atoms with Crippen LogP contribution in [-0.4, -0.2) is 31.5 Å². The molecule has 4 nitrogen and oxygen atoms in total. The van der Waals surface area contributed by atoms with Crippen LogP contribution in [0.5, 0.6) is 0 Å². The molecule has 5 heteroatoms. The summed E-state index contributed by atoms with van der Waals surface area (Å²) < 4.78 is 21.8. The highest BCUT2D eigenvalue weighted by Gasteiger charge is 2.08. The summed E-state index contributed by atoms with van der Waals surface area (Å²) in [6, 6.07) is 3.66. The molecule has 0 bridgehead atoms. The second-order valence-corrected chi connectivity index (χ2v) is 6.00. The molecular weight excluding hydrogens is 212 g/mol. The van der Waals surface area contributed by atoms with E-state index in [2.05, 4.69) is 4.98 Å². The number of nitrogens with zero attached hydrogens (tertiary/aromatic N) is 1. The van der Waals surface area contributed by atoms with E-state index in [0.29, 0.717) is 12.8 Å². The van der Waals surface area contributed by atoms with Crippen LogP contribution in [-0.2, 0) is 16.3 Å². The van der Waals surface area contributed by atoms with E-state index in [4.69, 9.17) is 5.73 Å². The Kier molecular flexibility index (Phi) is 4.23. The van der Waals surface area contributed by atoms with Gasteiger partial charge in [0.2, 0.25) is 0 Å². The van der Waals surface area contributed by atoms with Gasteiger partial charge in [0, 0.05) is 24.7 Å². The molecule has 1 heterocycles. The lowest BCUT2D eigenvalue weighted by Gasteiger charge is -2.10. The molecule has 1 aromatic rings. The fourth-order valence-corrected chi connectivity index (χ4v) is 2.02. The molecule has 0 aliphatic heterocycles. The molecule has 1 rings (SSSR count). The lowest BCUT2D eigenvalue weighted by molar-refractivity contribution is 0.585. The highest BCUT2D eigenvalue weighted by Crippen LogP contribution is 2.03. The third-order valence-electron chi connectivity index (χ3n) is 2.08. The van der Waals surface area contributed by atoms with Crippen molar-refractivity contribution in [3.8, 4) is 0 Å². The maximum atomic E-state index is 10.9. The van der Waals surface area contributed by atoms with E-state index in [1.807, 2.05) is 12.1 Å². The molecule has 0 aromatic carbocycles. The predicted molar refractivity (Wildman–Crippen MR) is 60.2 cm³/mol. The second kappa shape index (κ2) is 5.23. The Balaban J connectivity index is 2.40. The van der Waals surface area contributed by atoms with Gasteiger partial charge in [-0.15, -0.1) is 0 Å². The zero-order valence-corrected chi connectivity index (χ0v) is 9.57. The van der Waals surface area contributed by atoms with Crippen LogP contribution in [0.2, 0.25) is 0 Å². The quantitative estimate of drug-likeness (QED) is 0.791. The standard InChI is InChI=1S/C10H16N2O2S/c1-15(13,14)6-4-10(11)7-9-3-2-5-12-8-9/h2-3,5,8,10H,4,6-7,11H2,1H3. The Bertz CT molecular complexity index is 389. The summed E-state index contributed by atoms with van der Waals surface area (Å²) in [7, 11) is -2.91. The molecule has 0 amide bonds. The molecular formula is C10H16N2O2S. The van der Waals surface area contributed by atoms with E-state index in [0.717, 1.165) is 5.56 Å². The summed E-state index contributed by atoms with van der Waals surface area (Å²) in [5.74, 6) is 0.147. The number of sulfone groups is 1. The van der Waals surface area contributed by atoms with Crippen molar-refractivity contribution in [1.82, 2.24) is 4.98 Å². The van der Waals surface area contributed by atoms with Crippen molar-refractivity contribution in [2.24, 2.45) is 5.73 Å². The van der Waals surface area contributed by atoms with Gasteiger partial charge in [0.1, 0.15) is 9.84 Å². The van der Waals surface area contributed by atoms with Crippen molar-refractivity contribution in [2.75, 3.05) is 12.0 Å². The minimum absolute atomic E-state index is 0.121. The van der Waals surface area contributed by atoms with Crippen molar-refractivity contribution in [3.05, 3.63) is 30.1 Å². The second-order valence-electron chi connectivity index (χ2n) is 3.74. The highest BCUT2D eigenvalue weighted by molar-refractivity contribution is 7.90. The van der Waals surface area contributed by atoms with Crippen LogP contribution in [0.3, 0.4) is 0 Å². The fraction of sp³-hybridized carbons (Fsp3) is 0.500. The average molecular weight is 228 g/mol. The van der Waals surface area contributed by atoms with Gasteiger partial charge >= 0.3 is 0 Å². The Labute approximate surface area is 90.4 Å². The lowest BCUT2D eigenvalue weighted by Crippen LogP contribution is -2.25. The average Bonchev–Trinajstić information content (AvgIpc) is 2.15. The smallest absolute Gasteiger partial charge is 0.147 e. The zero-order valence-electron chi connectivity index (χ0n) is 8.76. The van der Waals surface area contributed by atoms with Crippen LogP contribution in [0.4, 0.5) is 0 Å². The zero-order chi connectivity index (χ0) is 11.3. The van der Waals surface area contributed by atoms with Crippen molar-refractivity contribution in [2.45, 2.75) is 18.9 Å². The summed E-state index contributed by atoms with van der Waals surface area (Å²) in [4.78, 5) is 3.97. The van der Waals surface area contributed by atoms with Gasteiger partial charge in [-0.1, -0.05) is 6.07 Å². The van der Waals surface area contributed by atoms with Gasteiger partial charge in [0.25, 0.3) is 0 Å². The fourth-order valence-electron chi connectivity index (χ4n) is 1.29. The maximum Gasteiger partial charge on any atom is 0.147 e. The van der Waals surface area contributed by atoms with Crippen molar-refractivity contribution >= 4 is 9.84 Å². The number of hydrogen-bond acceptors (Lipinski definition) is 4. The number of nitrogens with two attached hydrogens (primary N) is 1. The first-order valence-electron chi connectivity index (χ1n) is 4.79. The number of pyridine rings is 1. The van der Waals surface area contributed by atoms with Crippen LogP contribution in [0, 0.1) is 0 Å². The monoisotopic (exact) mass is 228 g/mol. The maximum absolute atomic E-state index is 10.9. The van der Waals surface area contributed by atoms with Gasteiger partial charge in [-0.2, -0.15) is 0 Å². The Morgan fingerprint density at radius 1 is 1.53 bits per heavy atom. The predicted octanol–water partition coefficient (Wildman–Crippen LogP) is 0.386. The largest absolute Gasteiger partial charge is 0.327 e. The van der Waals surface area contributed by atoms with Gasteiger partial charge in [-0.3, -0.25) is 4.98 Å². The minimum Gasteiger partial charge on any atom is -0.327 e. The Hall–Kier alpha value is -0.940. The van der Waals surface area contributed by atoms with E-state index < -0.39 is 9.84 Å². The van der Waals surface area contributed by atoms with Crippen LogP contribution in [0.25, 0.3) is 0 Å². The molecule has 84 valence electrons. The molecule has 0 spiro atoms. The lowest BCUT2D eigenvalue weighted by atomic mass is 10.1. The summed E-state index contributed by atoms with van der Waals surface area (Å²) in [5, 5.41) is 0. The topological polar surface area (TPSA) is 73.0 Å². The van der Waals surface area contributed by atoms with Crippen molar-refractivity contribution in [3.63, 3.8) is 0 Å². The molecule has 1 atom stereocenters. The Morgan fingerprint density at radius 2 is 2.27 bits per heavy atom. The van der Waals surface area contributed by atoms with E-state index in [9.17, 15) is 8.42 Å². The van der Waals surface area contributed by atoms with Crippen LogP contribution in [0.15, 0.2) is 24.5 Å². The first-order chi connectivity index (χ1) is 6.97. The van der Waals surface area contributed by atoms with E-state index in [1.54, 1.807) is 12.4 Å². The summed E-state index contributed by atoms with van der Waals surface area (Å²) >= 11 is 0. The van der Waals surface area contributed by atoms with E-state index in [1.165, 1.54) is 6.26 Å². The normalized spacial score (nSPS) is 13.7. The molecule has 1 aromatic heterocycles. The molecule has 0 radical (unpaired) electrons. The van der Waals surface area contributed by atoms with Gasteiger partial charge in [0.05, 0.1) is 5.75 Å². The molecule has 15 heavy (non-hydrogen) atoms. The van der Waals surface area contributed by atoms with Crippen LogP contribution >= 0.6 is 0 Å². The summed E-state index contributed by atoms with van der Waals surface area (Å²) in [5.41, 5.74) is 6.86. The van der Waals surface area contributed by atoms with E-state index in [-0.39, 0.29) is 11.8 Å². The highest BCUT2D eigenvalue weighted by atomic mass is 32.2. The van der Waals surface area contributed by atoms with Crippen molar-refractivity contribution < 1.29 is 8.42 Å². The molecule has 0 aliphatic rings. The SMILES string of the molecule is CS(=O)(=O)CCC(N)Cc1cccnc1. The molecule has 2 N–H and O–H groups in total. The molecule has 0 aliphatic carbocycles. The summed E-state index contributed by atoms with van der Waals surface area (Å²) in [6.45, 7) is 0.